The Hall–Kier alpha value is -5.12. The summed E-state index contributed by atoms with van der Waals surface area (Å²) in [6.07, 6.45) is 4.31. The Morgan fingerprint density at radius 3 is 2.25 bits per heavy atom. The normalized spacial score (nSPS) is 29.8. The van der Waals surface area contributed by atoms with Crippen molar-refractivity contribution in [2.45, 2.75) is 106 Å². The molecule has 3 heterocycles. The van der Waals surface area contributed by atoms with Gasteiger partial charge in [0, 0.05) is 80.3 Å². The Kier molecular flexibility index (Phi) is 15.2. The van der Waals surface area contributed by atoms with Crippen LogP contribution in [0, 0.1) is 30.6 Å². The van der Waals surface area contributed by atoms with Gasteiger partial charge in [-0.05, 0) is 33.3 Å². The zero-order chi connectivity index (χ0) is 44.1. The fraction of sp³-hybridized carbons (Fsp3) is 0.545. The number of esters is 1. The van der Waals surface area contributed by atoms with Crippen LogP contribution < -0.4 is 14.8 Å². The van der Waals surface area contributed by atoms with Crippen molar-refractivity contribution in [3.05, 3.63) is 53.3 Å². The van der Waals surface area contributed by atoms with Gasteiger partial charge in [0.15, 0.2) is 12.4 Å². The van der Waals surface area contributed by atoms with Crippen LogP contribution in [-0.2, 0) is 28.6 Å². The fourth-order valence-corrected chi connectivity index (χ4v) is 7.71. The number of aromatic hydroxyl groups is 2. The van der Waals surface area contributed by atoms with Gasteiger partial charge in [0.25, 0.3) is 17.6 Å². The molecule has 15 heteroatoms. The number of anilines is 1. The number of Topliss-reactive ketones (excluding diaryl/α,β-unsaturated/α-hetero) is 1. The third kappa shape index (κ3) is 9.69. The lowest BCUT2D eigenvalue weighted by Crippen LogP contribution is -2.46. The summed E-state index contributed by atoms with van der Waals surface area (Å²) in [6, 6.07) is 1.27. The molecule has 2 amide bonds. The number of fused-ring (bicyclic) bond motifs is 14. The predicted octanol–water partition coefficient (Wildman–Crippen LogP) is 5.69. The molecule has 0 unspecified atom stereocenters. The van der Waals surface area contributed by atoms with E-state index in [0.29, 0.717) is 19.5 Å². The van der Waals surface area contributed by atoms with Crippen molar-refractivity contribution >= 4 is 40.0 Å². The number of nitrogens with zero attached hydrogens (tertiary/aromatic N) is 1. The predicted molar refractivity (Wildman–Crippen MR) is 220 cm³/mol. The number of amides is 2. The number of carbonyl (C=O) groups is 4. The number of phenolic OH excluding ortho intramolecular Hbond substituents is 2. The topological polar surface area (TPSA) is 211 Å². The lowest BCUT2D eigenvalue weighted by Gasteiger charge is -2.38. The lowest BCUT2D eigenvalue weighted by molar-refractivity contribution is -0.160. The number of ether oxygens (including phenoxy) is 5. The molecule has 324 valence electrons. The van der Waals surface area contributed by atoms with Crippen LogP contribution in [0.3, 0.4) is 0 Å². The van der Waals surface area contributed by atoms with Crippen LogP contribution in [0.2, 0.25) is 0 Å². The molecule has 2 aromatic rings. The number of hydrogen-bond donors (Lipinski definition) is 5. The first-order valence-corrected chi connectivity index (χ1v) is 20.0. The van der Waals surface area contributed by atoms with Gasteiger partial charge in [0.2, 0.25) is 0 Å². The lowest BCUT2D eigenvalue weighted by atomic mass is 9.78. The fourth-order valence-electron chi connectivity index (χ4n) is 7.71. The van der Waals surface area contributed by atoms with Crippen molar-refractivity contribution in [2.75, 3.05) is 32.1 Å². The zero-order valence-corrected chi connectivity index (χ0v) is 35.8. The molecule has 3 aliphatic heterocycles. The SMILES string of the molecule is CCCN(CC)C(=O)COc1cc2c(O)c3c(O)c(C)c4c(c13)C(=O)[C@@](C)(O/C=C/[C@H](OC)[C@@H](C)[C@@H](OC(C)=O)[C@H](C)[C@@H](O)[C@H](C)[C@H](O)[C@H](C)/C=C/C=C(/C)C(=O)N2)O4. The van der Waals surface area contributed by atoms with Gasteiger partial charge < -0.3 is 54.3 Å². The second-order valence-corrected chi connectivity index (χ2v) is 15.7. The molecule has 0 fully saturated rings. The molecular formula is C44H60N2O13. The number of phenols is 2. The maximum atomic E-state index is 14.5. The highest BCUT2D eigenvalue weighted by molar-refractivity contribution is 6.21. The van der Waals surface area contributed by atoms with Crippen LogP contribution in [0.1, 0.15) is 84.7 Å². The highest BCUT2D eigenvalue weighted by atomic mass is 16.7. The first kappa shape index (κ1) is 46.6. The summed E-state index contributed by atoms with van der Waals surface area (Å²) in [5, 5.41) is 48.5. The Morgan fingerprint density at radius 2 is 1.64 bits per heavy atom. The van der Waals surface area contributed by atoms with E-state index in [2.05, 4.69) is 5.32 Å². The number of benzene rings is 2. The zero-order valence-electron chi connectivity index (χ0n) is 35.8. The summed E-state index contributed by atoms with van der Waals surface area (Å²) < 4.78 is 29.8. The van der Waals surface area contributed by atoms with Gasteiger partial charge in [-0.2, -0.15) is 0 Å². The van der Waals surface area contributed by atoms with Gasteiger partial charge in [-0.3, -0.25) is 19.2 Å². The second kappa shape index (κ2) is 19.3. The summed E-state index contributed by atoms with van der Waals surface area (Å²) in [6.45, 7) is 16.8. The van der Waals surface area contributed by atoms with Crippen molar-refractivity contribution in [1.82, 2.24) is 4.90 Å². The monoisotopic (exact) mass is 824 g/mol. The Morgan fingerprint density at radius 1 is 0.966 bits per heavy atom. The molecule has 5 bridgehead atoms. The molecule has 0 aliphatic carbocycles. The minimum Gasteiger partial charge on any atom is -0.507 e. The van der Waals surface area contributed by atoms with E-state index < -0.39 is 89.6 Å². The van der Waals surface area contributed by atoms with Gasteiger partial charge in [-0.1, -0.05) is 52.8 Å². The molecule has 5 N–H and O–H groups in total. The average molecular weight is 825 g/mol. The molecule has 3 aliphatic rings. The molecule has 0 saturated carbocycles. The number of aliphatic hydroxyl groups is 2. The number of nitrogens with one attached hydrogen (secondary N) is 1. The van der Waals surface area contributed by atoms with Crippen molar-refractivity contribution in [3.63, 3.8) is 0 Å². The number of methoxy groups -OCH3 is 1. The Balaban J connectivity index is 1.94. The molecule has 59 heavy (non-hydrogen) atoms. The van der Waals surface area contributed by atoms with Crippen LogP contribution in [0.25, 0.3) is 10.8 Å². The molecule has 0 spiro atoms. The first-order chi connectivity index (χ1) is 27.7. The van der Waals surface area contributed by atoms with E-state index in [1.807, 2.05) is 13.8 Å². The number of aliphatic hydroxyl groups excluding tert-OH is 2. The van der Waals surface area contributed by atoms with E-state index in [0.717, 1.165) is 0 Å². The number of carbonyl (C=O) groups excluding carboxylic acids is 4. The number of likely N-dealkylation sites (N-methyl/N-ethyl adjacent to an activating group) is 1. The summed E-state index contributed by atoms with van der Waals surface area (Å²) in [5.41, 5.74) is 0.000400. The average Bonchev–Trinajstić information content (AvgIpc) is 3.46. The number of rotatable bonds is 8. The van der Waals surface area contributed by atoms with Crippen molar-refractivity contribution < 1.29 is 63.3 Å². The number of allylic oxidation sites excluding steroid dienone is 2. The maximum Gasteiger partial charge on any atom is 0.312 e. The van der Waals surface area contributed by atoms with E-state index in [1.165, 1.54) is 59.3 Å². The molecule has 15 nitrogen and oxygen atoms in total. The number of ketones is 1. The third-order valence-corrected chi connectivity index (χ3v) is 11.4. The van der Waals surface area contributed by atoms with Crippen molar-refractivity contribution in [3.8, 4) is 23.0 Å². The largest absolute Gasteiger partial charge is 0.507 e. The first-order valence-electron chi connectivity index (χ1n) is 20.0. The standard InChI is InChI=1S/C44H60N2O13/c1-12-18-46(13-2)32(48)21-56-31-20-29-39(52)34-33(31)35-41(27(8)38(34)51)59-44(10,42(35)53)57-19-17-30(55-11)24(5)40(58-28(9)47)26(7)37(50)25(6)36(49)22(3)15-14-16-23(4)43(54)45-29/h14-17,19-20,22,24-26,30,36-37,40,49-52H,12-13,18,21H2,1-11H3,(H,45,54)/b15-14+,19-17+,23-16-/t22-,24-,25-,26-,30+,36-,37+,40-,44+/m1/s1. The van der Waals surface area contributed by atoms with Gasteiger partial charge in [0.05, 0.1) is 41.2 Å². The maximum absolute atomic E-state index is 14.5. The summed E-state index contributed by atoms with van der Waals surface area (Å²) in [7, 11) is 1.44. The molecule has 0 aromatic heterocycles. The second-order valence-electron chi connectivity index (χ2n) is 15.7. The minimum atomic E-state index is -2.02. The highest BCUT2D eigenvalue weighted by Crippen LogP contribution is 2.54. The van der Waals surface area contributed by atoms with Gasteiger partial charge in [-0.15, -0.1) is 0 Å². The van der Waals surface area contributed by atoms with Crippen LogP contribution >= 0.6 is 0 Å². The van der Waals surface area contributed by atoms with E-state index in [1.54, 1.807) is 44.7 Å². The van der Waals surface area contributed by atoms with E-state index in [-0.39, 0.29) is 50.6 Å². The van der Waals surface area contributed by atoms with Crippen LogP contribution in [0.15, 0.2) is 42.2 Å². The van der Waals surface area contributed by atoms with E-state index in [4.69, 9.17) is 23.7 Å². The summed E-state index contributed by atoms with van der Waals surface area (Å²) in [5.74, 6) is -7.98. The van der Waals surface area contributed by atoms with Gasteiger partial charge in [0.1, 0.15) is 23.4 Å². The molecule has 9 atom stereocenters. The third-order valence-electron chi connectivity index (χ3n) is 11.4. The summed E-state index contributed by atoms with van der Waals surface area (Å²) >= 11 is 0. The Bertz CT molecular complexity index is 2010. The van der Waals surface area contributed by atoms with E-state index >= 15 is 0 Å². The van der Waals surface area contributed by atoms with Crippen LogP contribution in [0.4, 0.5) is 5.69 Å². The highest BCUT2D eigenvalue weighted by Gasteiger charge is 2.49. The summed E-state index contributed by atoms with van der Waals surface area (Å²) in [4.78, 5) is 55.2. The molecule has 0 radical (unpaired) electrons. The van der Waals surface area contributed by atoms with Gasteiger partial charge >= 0.3 is 11.8 Å². The minimum absolute atomic E-state index is 0.0551. The van der Waals surface area contributed by atoms with Crippen LogP contribution in [0.5, 0.6) is 23.0 Å². The van der Waals surface area contributed by atoms with Gasteiger partial charge in [-0.25, -0.2) is 0 Å². The Labute approximate surface area is 345 Å². The van der Waals surface area contributed by atoms with Crippen molar-refractivity contribution in [1.29, 1.82) is 0 Å². The molecule has 5 rings (SSSR count). The van der Waals surface area contributed by atoms with Crippen LogP contribution in [-0.4, -0.2) is 106 Å². The molecule has 0 saturated heterocycles. The quantitative estimate of drug-likeness (QED) is 0.160. The molecule has 2 aromatic carbocycles. The molecular weight excluding hydrogens is 764 g/mol. The smallest absolute Gasteiger partial charge is 0.312 e. The number of hydrogen-bond acceptors (Lipinski definition) is 13. The van der Waals surface area contributed by atoms with Crippen molar-refractivity contribution in [2.24, 2.45) is 23.7 Å². The van der Waals surface area contributed by atoms with E-state index in [9.17, 15) is 39.6 Å².